The molecule has 1 aliphatic heterocycles. The quantitative estimate of drug-likeness (QED) is 0.820. The summed E-state index contributed by atoms with van der Waals surface area (Å²) in [6.45, 7) is 1.86. The topological polar surface area (TPSA) is 12.0 Å². The lowest BCUT2D eigenvalue weighted by Gasteiger charge is -2.33. The van der Waals surface area contributed by atoms with Crippen LogP contribution in [0.4, 0.5) is 4.39 Å². The fraction of sp³-hybridized carbons (Fsp3) is 0.294. The zero-order chi connectivity index (χ0) is 14.8. The molecule has 110 valence electrons. The standard InChI is InChI=1S/C17H16Cl2FN/c18-16-6-3-12(9-17(16)19)14-7-8-21-10-15(14)11-1-4-13(20)5-2-11/h1-6,9,14-15,21H,7-8,10H2. The molecule has 2 unspecified atom stereocenters. The molecule has 0 aromatic heterocycles. The minimum absolute atomic E-state index is 0.200. The van der Waals surface area contributed by atoms with Crippen molar-refractivity contribution in [3.63, 3.8) is 0 Å². The van der Waals surface area contributed by atoms with Gasteiger partial charge in [0.1, 0.15) is 5.82 Å². The van der Waals surface area contributed by atoms with Crippen molar-refractivity contribution in [2.24, 2.45) is 0 Å². The molecule has 1 N–H and O–H groups in total. The third-order valence-corrected chi connectivity index (χ3v) is 4.89. The molecular weight excluding hydrogens is 308 g/mol. The highest BCUT2D eigenvalue weighted by Crippen LogP contribution is 2.39. The molecule has 0 spiro atoms. The lowest BCUT2D eigenvalue weighted by atomic mass is 9.77. The summed E-state index contributed by atoms with van der Waals surface area (Å²) in [5.41, 5.74) is 2.35. The van der Waals surface area contributed by atoms with E-state index in [2.05, 4.69) is 5.32 Å². The molecule has 4 heteroatoms. The van der Waals surface area contributed by atoms with Crippen LogP contribution in [0.3, 0.4) is 0 Å². The van der Waals surface area contributed by atoms with Gasteiger partial charge in [0.25, 0.3) is 0 Å². The number of hydrogen-bond donors (Lipinski definition) is 1. The van der Waals surface area contributed by atoms with E-state index in [1.807, 2.05) is 30.3 Å². The molecule has 1 aliphatic rings. The molecule has 1 nitrogen and oxygen atoms in total. The van der Waals surface area contributed by atoms with Gasteiger partial charge in [0.2, 0.25) is 0 Å². The highest BCUT2D eigenvalue weighted by molar-refractivity contribution is 6.42. The van der Waals surface area contributed by atoms with Crippen LogP contribution in [-0.4, -0.2) is 13.1 Å². The monoisotopic (exact) mass is 323 g/mol. The third kappa shape index (κ3) is 3.23. The van der Waals surface area contributed by atoms with Gasteiger partial charge in [0.15, 0.2) is 0 Å². The van der Waals surface area contributed by atoms with E-state index in [-0.39, 0.29) is 5.82 Å². The van der Waals surface area contributed by atoms with E-state index < -0.39 is 0 Å². The fourth-order valence-electron chi connectivity index (χ4n) is 3.06. The zero-order valence-electron chi connectivity index (χ0n) is 11.5. The first-order valence-corrected chi connectivity index (χ1v) is 7.82. The van der Waals surface area contributed by atoms with Crippen LogP contribution in [0.2, 0.25) is 10.0 Å². The summed E-state index contributed by atoms with van der Waals surface area (Å²) in [6.07, 6.45) is 1.03. The highest BCUT2D eigenvalue weighted by atomic mass is 35.5. The molecule has 0 radical (unpaired) electrons. The molecule has 0 bridgehead atoms. The molecule has 2 aromatic rings. The number of piperidine rings is 1. The molecule has 1 fully saturated rings. The van der Waals surface area contributed by atoms with Crippen molar-refractivity contribution in [3.05, 3.63) is 69.5 Å². The van der Waals surface area contributed by atoms with Crippen molar-refractivity contribution in [3.8, 4) is 0 Å². The summed E-state index contributed by atoms with van der Waals surface area (Å²) in [5, 5.41) is 4.59. The van der Waals surface area contributed by atoms with Crippen molar-refractivity contribution in [2.45, 2.75) is 18.3 Å². The summed E-state index contributed by atoms with van der Waals surface area (Å²) in [7, 11) is 0. The van der Waals surface area contributed by atoms with Crippen molar-refractivity contribution < 1.29 is 4.39 Å². The number of benzene rings is 2. The number of nitrogens with one attached hydrogen (secondary N) is 1. The Balaban J connectivity index is 1.94. The summed E-state index contributed by atoms with van der Waals surface area (Å²) < 4.78 is 13.1. The normalized spacial score (nSPS) is 22.2. The Morgan fingerprint density at radius 2 is 1.62 bits per heavy atom. The third-order valence-electron chi connectivity index (χ3n) is 4.15. The summed E-state index contributed by atoms with van der Waals surface area (Å²) in [4.78, 5) is 0. The first-order valence-electron chi connectivity index (χ1n) is 7.06. The van der Waals surface area contributed by atoms with Gasteiger partial charge in [-0.1, -0.05) is 41.4 Å². The second-order valence-corrected chi connectivity index (χ2v) is 6.25. The predicted octanol–water partition coefficient (Wildman–Crippen LogP) is 4.99. The molecule has 3 rings (SSSR count). The average Bonchev–Trinajstić information content (AvgIpc) is 2.51. The van der Waals surface area contributed by atoms with Crippen LogP contribution in [0.25, 0.3) is 0 Å². The van der Waals surface area contributed by atoms with Crippen LogP contribution in [0.1, 0.15) is 29.4 Å². The van der Waals surface area contributed by atoms with Crippen LogP contribution in [0.15, 0.2) is 42.5 Å². The maximum Gasteiger partial charge on any atom is 0.123 e. The SMILES string of the molecule is Fc1ccc(C2CNCCC2c2ccc(Cl)c(Cl)c2)cc1. The molecule has 21 heavy (non-hydrogen) atoms. The molecule has 0 amide bonds. The lowest BCUT2D eigenvalue weighted by Crippen LogP contribution is -2.34. The lowest BCUT2D eigenvalue weighted by molar-refractivity contribution is 0.404. The second-order valence-electron chi connectivity index (χ2n) is 5.43. The highest BCUT2D eigenvalue weighted by Gasteiger charge is 2.28. The van der Waals surface area contributed by atoms with Gasteiger partial charge in [-0.2, -0.15) is 0 Å². The smallest absolute Gasteiger partial charge is 0.123 e. The predicted molar refractivity (Wildman–Crippen MR) is 85.8 cm³/mol. The summed E-state index contributed by atoms with van der Waals surface area (Å²) in [5.74, 6) is 0.483. The van der Waals surface area contributed by atoms with Gasteiger partial charge in [-0.05, 0) is 54.3 Å². The zero-order valence-corrected chi connectivity index (χ0v) is 13.0. The van der Waals surface area contributed by atoms with E-state index >= 15 is 0 Å². The maximum atomic E-state index is 13.1. The molecule has 1 saturated heterocycles. The van der Waals surface area contributed by atoms with Crippen LogP contribution >= 0.6 is 23.2 Å². The molecule has 0 aliphatic carbocycles. The Kier molecular flexibility index (Phi) is 4.48. The molecule has 0 saturated carbocycles. The maximum absolute atomic E-state index is 13.1. The van der Waals surface area contributed by atoms with Gasteiger partial charge in [0, 0.05) is 12.5 Å². The van der Waals surface area contributed by atoms with E-state index in [1.54, 1.807) is 0 Å². The fourth-order valence-corrected chi connectivity index (χ4v) is 3.37. The van der Waals surface area contributed by atoms with E-state index in [9.17, 15) is 4.39 Å². The van der Waals surface area contributed by atoms with Crippen LogP contribution < -0.4 is 5.32 Å². The van der Waals surface area contributed by atoms with Crippen molar-refractivity contribution >= 4 is 23.2 Å². The van der Waals surface area contributed by atoms with Crippen molar-refractivity contribution in [2.75, 3.05) is 13.1 Å². The summed E-state index contributed by atoms with van der Waals surface area (Å²) >= 11 is 12.2. The van der Waals surface area contributed by atoms with Crippen molar-refractivity contribution in [1.29, 1.82) is 0 Å². The van der Waals surface area contributed by atoms with Gasteiger partial charge < -0.3 is 5.32 Å². The summed E-state index contributed by atoms with van der Waals surface area (Å²) in [6, 6.07) is 12.6. The molecule has 2 aromatic carbocycles. The van der Waals surface area contributed by atoms with E-state index in [0.29, 0.717) is 21.9 Å². The Hall–Kier alpha value is -1.09. The Bertz CT molecular complexity index is 627. The van der Waals surface area contributed by atoms with Crippen LogP contribution in [-0.2, 0) is 0 Å². The average molecular weight is 324 g/mol. The molecule has 2 atom stereocenters. The number of hydrogen-bond acceptors (Lipinski definition) is 1. The molecular formula is C17H16Cl2FN. The number of rotatable bonds is 2. The largest absolute Gasteiger partial charge is 0.316 e. The number of halogens is 3. The van der Waals surface area contributed by atoms with E-state index in [1.165, 1.54) is 17.7 Å². The Morgan fingerprint density at radius 3 is 2.33 bits per heavy atom. The van der Waals surface area contributed by atoms with E-state index in [4.69, 9.17) is 23.2 Å². The Morgan fingerprint density at radius 1 is 0.905 bits per heavy atom. The van der Waals surface area contributed by atoms with Gasteiger partial charge in [-0.3, -0.25) is 0 Å². The van der Waals surface area contributed by atoms with Gasteiger partial charge in [-0.15, -0.1) is 0 Å². The first kappa shape index (κ1) is 14.8. The molecule has 1 heterocycles. The van der Waals surface area contributed by atoms with Crippen molar-refractivity contribution in [1.82, 2.24) is 5.32 Å². The minimum Gasteiger partial charge on any atom is -0.316 e. The first-order chi connectivity index (χ1) is 10.1. The Labute approximate surface area is 134 Å². The second kappa shape index (κ2) is 6.35. The van der Waals surface area contributed by atoms with Gasteiger partial charge in [-0.25, -0.2) is 4.39 Å². The van der Waals surface area contributed by atoms with Crippen LogP contribution in [0.5, 0.6) is 0 Å². The van der Waals surface area contributed by atoms with E-state index in [0.717, 1.165) is 25.1 Å². The minimum atomic E-state index is -0.200. The van der Waals surface area contributed by atoms with Gasteiger partial charge >= 0.3 is 0 Å². The van der Waals surface area contributed by atoms with Gasteiger partial charge in [0.05, 0.1) is 10.0 Å². The van der Waals surface area contributed by atoms with Crippen LogP contribution in [0, 0.1) is 5.82 Å².